The van der Waals surface area contributed by atoms with E-state index >= 15 is 0 Å². The summed E-state index contributed by atoms with van der Waals surface area (Å²) in [6, 6.07) is 6.33. The Kier molecular flexibility index (Phi) is 7.78. The van der Waals surface area contributed by atoms with Gasteiger partial charge >= 0.3 is 0 Å². The lowest BCUT2D eigenvalue weighted by Crippen LogP contribution is -2.52. The number of benzene rings is 1. The van der Waals surface area contributed by atoms with Crippen LogP contribution in [0.2, 0.25) is 0 Å². The Labute approximate surface area is 158 Å². The highest BCUT2D eigenvalue weighted by atomic mass is 16.5. The third-order valence-electron chi connectivity index (χ3n) is 4.12. The van der Waals surface area contributed by atoms with E-state index in [0.29, 0.717) is 30.2 Å². The molecule has 1 aliphatic heterocycles. The van der Waals surface area contributed by atoms with Gasteiger partial charge in [0.25, 0.3) is 5.91 Å². The van der Waals surface area contributed by atoms with Gasteiger partial charge < -0.3 is 30.1 Å². The number of amides is 1. The predicted molar refractivity (Wildman–Crippen MR) is 99.8 cm³/mol. The zero-order valence-corrected chi connectivity index (χ0v) is 15.1. The lowest BCUT2D eigenvalue weighted by Gasteiger charge is -2.24. The van der Waals surface area contributed by atoms with Crippen LogP contribution in [0.1, 0.15) is 18.4 Å². The summed E-state index contributed by atoms with van der Waals surface area (Å²) in [5, 5.41) is 29.7. The molecule has 1 aromatic carbocycles. The number of nitrogens with one attached hydrogen (secondary N) is 1. The van der Waals surface area contributed by atoms with Gasteiger partial charge in [-0.25, -0.2) is 4.99 Å². The molecule has 0 unspecified atom stereocenters. The Morgan fingerprint density at radius 3 is 2.63 bits per heavy atom. The summed E-state index contributed by atoms with van der Waals surface area (Å²) >= 11 is 0. The van der Waals surface area contributed by atoms with Crippen LogP contribution >= 0.6 is 0 Å². The second kappa shape index (κ2) is 10.1. The molecule has 0 radical (unpaired) electrons. The molecule has 0 saturated heterocycles. The van der Waals surface area contributed by atoms with Crippen LogP contribution in [-0.4, -0.2) is 71.7 Å². The van der Waals surface area contributed by atoms with Crippen LogP contribution in [0.25, 0.3) is 0 Å². The van der Waals surface area contributed by atoms with Crippen molar-refractivity contribution in [3.8, 4) is 5.75 Å². The first-order chi connectivity index (χ1) is 13.1. The smallest absolute Gasteiger partial charge is 0.252 e. The molecule has 0 spiro atoms. The van der Waals surface area contributed by atoms with Crippen molar-refractivity contribution in [2.75, 3.05) is 33.0 Å². The molecule has 0 fully saturated rings. The maximum Gasteiger partial charge on any atom is 0.252 e. The number of hydrogen-bond donors (Lipinski definition) is 4. The number of carbonyl (C=O) groups is 1. The highest BCUT2D eigenvalue weighted by Crippen LogP contribution is 2.27. The molecular formula is C19H26N2O6. The largest absolute Gasteiger partial charge is 0.494 e. The van der Waals surface area contributed by atoms with E-state index in [1.165, 1.54) is 0 Å². The summed E-state index contributed by atoms with van der Waals surface area (Å²) in [5.41, 5.74) is -0.486. The first-order valence-corrected chi connectivity index (χ1v) is 8.79. The number of aliphatic hydroxyl groups is 3. The van der Waals surface area contributed by atoms with Gasteiger partial charge in [-0.1, -0.05) is 6.08 Å². The number of aliphatic hydroxyl groups excluding tert-OH is 3. The van der Waals surface area contributed by atoms with Crippen LogP contribution in [0.4, 0.5) is 0 Å². The van der Waals surface area contributed by atoms with E-state index in [9.17, 15) is 15.0 Å². The monoisotopic (exact) mass is 378 g/mol. The molecule has 4 N–H and O–H groups in total. The van der Waals surface area contributed by atoms with Gasteiger partial charge in [-0.3, -0.25) is 4.79 Å². The van der Waals surface area contributed by atoms with Crippen molar-refractivity contribution in [3.05, 3.63) is 42.5 Å². The first-order valence-electron chi connectivity index (χ1n) is 8.79. The molecule has 1 amide bonds. The zero-order chi connectivity index (χ0) is 19.7. The van der Waals surface area contributed by atoms with Crippen LogP contribution in [-0.2, 0) is 9.53 Å². The van der Waals surface area contributed by atoms with E-state index in [-0.39, 0.29) is 32.8 Å². The Hall–Kier alpha value is -2.42. The molecule has 1 heterocycles. The van der Waals surface area contributed by atoms with Crippen molar-refractivity contribution in [2.24, 2.45) is 4.99 Å². The van der Waals surface area contributed by atoms with Gasteiger partial charge in [-0.15, -0.1) is 6.58 Å². The van der Waals surface area contributed by atoms with E-state index in [0.717, 1.165) is 0 Å². The molecule has 27 heavy (non-hydrogen) atoms. The van der Waals surface area contributed by atoms with Crippen molar-refractivity contribution in [3.63, 3.8) is 0 Å². The van der Waals surface area contributed by atoms with E-state index < -0.39 is 17.5 Å². The van der Waals surface area contributed by atoms with E-state index in [1.54, 1.807) is 30.3 Å². The molecule has 0 aliphatic carbocycles. The normalized spacial score (nSPS) is 18.7. The number of aliphatic imine (C=N–C) groups is 1. The number of rotatable bonds is 11. The fourth-order valence-corrected chi connectivity index (χ4v) is 2.56. The molecule has 0 bridgehead atoms. The molecule has 0 saturated carbocycles. The fraction of sp³-hybridized carbons (Fsp3) is 0.474. The minimum Gasteiger partial charge on any atom is -0.494 e. The van der Waals surface area contributed by atoms with Crippen molar-refractivity contribution in [1.82, 2.24) is 5.32 Å². The third-order valence-corrected chi connectivity index (χ3v) is 4.12. The average Bonchev–Trinajstić information content (AvgIpc) is 3.12. The van der Waals surface area contributed by atoms with Crippen molar-refractivity contribution >= 4 is 11.8 Å². The van der Waals surface area contributed by atoms with E-state index in [4.69, 9.17) is 14.6 Å². The Balaban J connectivity index is 2.14. The van der Waals surface area contributed by atoms with Gasteiger partial charge in [0.05, 0.1) is 25.9 Å². The summed E-state index contributed by atoms with van der Waals surface area (Å²) < 4.78 is 11.1. The van der Waals surface area contributed by atoms with E-state index in [2.05, 4.69) is 16.9 Å². The SMILES string of the molecule is C=CC[C@]1(C(=O)NC(CO)CO)COC(c2ccc(OCCCO)cc2)=N1. The Morgan fingerprint density at radius 2 is 2.04 bits per heavy atom. The minimum atomic E-state index is -1.18. The van der Waals surface area contributed by atoms with Gasteiger partial charge in [0, 0.05) is 25.0 Å². The van der Waals surface area contributed by atoms with E-state index in [1.807, 2.05) is 0 Å². The highest BCUT2D eigenvalue weighted by molar-refractivity contribution is 6.00. The van der Waals surface area contributed by atoms with Crippen molar-refractivity contribution < 1.29 is 29.6 Å². The van der Waals surface area contributed by atoms with Crippen molar-refractivity contribution in [2.45, 2.75) is 24.4 Å². The minimum absolute atomic E-state index is 0.0402. The van der Waals surface area contributed by atoms with Gasteiger partial charge in [0.2, 0.25) is 5.90 Å². The molecule has 2 rings (SSSR count). The summed E-state index contributed by atoms with van der Waals surface area (Å²) in [4.78, 5) is 17.1. The number of nitrogens with zero attached hydrogens (tertiary/aromatic N) is 1. The molecule has 8 heteroatoms. The first kappa shape index (κ1) is 20.9. The second-order valence-corrected chi connectivity index (χ2v) is 6.22. The fourth-order valence-electron chi connectivity index (χ4n) is 2.56. The summed E-state index contributed by atoms with van der Waals surface area (Å²) in [6.45, 7) is 3.47. The standard InChI is InChI=1S/C19H26N2O6/c1-2-8-19(18(25)20-15(11-23)12-24)13-27-17(21-19)14-4-6-16(7-5-14)26-10-3-9-22/h2,4-7,15,22-24H,1,3,8-13H2,(H,20,25)/t19-/m1/s1. The molecular weight excluding hydrogens is 352 g/mol. The molecule has 1 aliphatic rings. The Bertz CT molecular complexity index is 657. The van der Waals surface area contributed by atoms with Gasteiger partial charge in [0.15, 0.2) is 5.54 Å². The third kappa shape index (κ3) is 5.29. The van der Waals surface area contributed by atoms with Crippen LogP contribution in [0.3, 0.4) is 0 Å². The van der Waals surface area contributed by atoms with Gasteiger partial charge in [0.1, 0.15) is 12.4 Å². The highest BCUT2D eigenvalue weighted by Gasteiger charge is 2.43. The molecule has 8 nitrogen and oxygen atoms in total. The number of hydrogen-bond acceptors (Lipinski definition) is 7. The maximum absolute atomic E-state index is 12.7. The summed E-state index contributed by atoms with van der Waals surface area (Å²) in [6.07, 6.45) is 2.40. The molecule has 1 atom stereocenters. The Morgan fingerprint density at radius 1 is 1.33 bits per heavy atom. The maximum atomic E-state index is 12.7. The topological polar surface area (TPSA) is 121 Å². The number of carbonyl (C=O) groups excluding carboxylic acids is 1. The number of ether oxygens (including phenoxy) is 2. The average molecular weight is 378 g/mol. The molecule has 1 aromatic rings. The zero-order valence-electron chi connectivity index (χ0n) is 15.1. The molecule has 148 valence electrons. The van der Waals surface area contributed by atoms with Crippen molar-refractivity contribution in [1.29, 1.82) is 0 Å². The lowest BCUT2D eigenvalue weighted by atomic mass is 9.96. The van der Waals surface area contributed by atoms with Gasteiger partial charge in [-0.05, 0) is 24.3 Å². The summed E-state index contributed by atoms with van der Waals surface area (Å²) in [7, 11) is 0. The van der Waals surface area contributed by atoms with Crippen LogP contribution < -0.4 is 10.1 Å². The van der Waals surface area contributed by atoms with Gasteiger partial charge in [-0.2, -0.15) is 0 Å². The predicted octanol–water partition coefficient (Wildman–Crippen LogP) is 0.00890. The quantitative estimate of drug-likeness (QED) is 0.318. The van der Waals surface area contributed by atoms with Crippen LogP contribution in [0.15, 0.2) is 41.9 Å². The molecule has 0 aromatic heterocycles. The lowest BCUT2D eigenvalue weighted by molar-refractivity contribution is -0.128. The van der Waals surface area contributed by atoms with Crippen LogP contribution in [0.5, 0.6) is 5.75 Å². The van der Waals surface area contributed by atoms with Crippen LogP contribution in [0, 0.1) is 0 Å². The second-order valence-electron chi connectivity index (χ2n) is 6.22. The summed E-state index contributed by atoms with van der Waals surface area (Å²) in [5.74, 6) is 0.558.